The van der Waals surface area contributed by atoms with Crippen LogP contribution in [0.4, 0.5) is 17.5 Å². The van der Waals surface area contributed by atoms with E-state index in [0.717, 1.165) is 67.3 Å². The van der Waals surface area contributed by atoms with Crippen LogP contribution in [0.1, 0.15) is 0 Å². The van der Waals surface area contributed by atoms with Crippen LogP contribution in [0.2, 0.25) is 0 Å². The second kappa shape index (κ2) is 8.30. The first-order valence-electron chi connectivity index (χ1n) is 14.4. The van der Waals surface area contributed by atoms with E-state index in [2.05, 4.69) is 107 Å². The molecule has 2 aliphatic heterocycles. The van der Waals surface area contributed by atoms with Crippen molar-refractivity contribution < 1.29 is 4.74 Å². The van der Waals surface area contributed by atoms with Crippen LogP contribution in [-0.4, -0.2) is 14.5 Å². The minimum Gasteiger partial charge on any atom is -0.456 e. The zero-order chi connectivity index (χ0) is 28.1. The van der Waals surface area contributed by atoms with Crippen molar-refractivity contribution in [1.82, 2.24) is 14.5 Å². The Morgan fingerprint density at radius 1 is 0.558 bits per heavy atom. The SMILES string of the molecule is c1ccc2c(c1)Oc1cccc3nc(N4c5ccccc5-c5ccc6ccccc6c5-n5c4cc4ccccc45)nc-2c13. The maximum Gasteiger partial charge on any atom is 0.236 e. The predicted molar refractivity (Wildman–Crippen MR) is 173 cm³/mol. The third kappa shape index (κ3) is 3.05. The molecule has 5 heteroatoms. The summed E-state index contributed by atoms with van der Waals surface area (Å²) in [4.78, 5) is 12.8. The summed E-state index contributed by atoms with van der Waals surface area (Å²) in [5.41, 5.74) is 8.32. The monoisotopic (exact) mass is 550 g/mol. The van der Waals surface area contributed by atoms with Crippen molar-refractivity contribution in [3.63, 3.8) is 0 Å². The van der Waals surface area contributed by atoms with Gasteiger partial charge in [-0.3, -0.25) is 9.47 Å². The van der Waals surface area contributed by atoms with Crippen molar-refractivity contribution in [3.05, 3.63) is 133 Å². The zero-order valence-electron chi connectivity index (χ0n) is 22.9. The molecule has 0 fully saturated rings. The van der Waals surface area contributed by atoms with E-state index in [1.54, 1.807) is 0 Å². The number of fused-ring (bicyclic) bond motifs is 11. The normalized spacial score (nSPS) is 12.8. The van der Waals surface area contributed by atoms with E-state index in [-0.39, 0.29) is 0 Å². The molecule has 0 spiro atoms. The molecule has 0 atom stereocenters. The van der Waals surface area contributed by atoms with E-state index in [9.17, 15) is 0 Å². The van der Waals surface area contributed by atoms with Crippen LogP contribution in [0.25, 0.3) is 60.6 Å². The van der Waals surface area contributed by atoms with Gasteiger partial charge in [-0.2, -0.15) is 0 Å². The maximum atomic E-state index is 6.29. The van der Waals surface area contributed by atoms with E-state index in [0.29, 0.717) is 5.95 Å². The highest BCUT2D eigenvalue weighted by atomic mass is 16.5. The Bertz CT molecular complexity index is 2460. The molecule has 0 saturated carbocycles. The zero-order valence-corrected chi connectivity index (χ0v) is 22.9. The van der Waals surface area contributed by atoms with Gasteiger partial charge in [-0.15, -0.1) is 0 Å². The molecule has 0 N–H and O–H groups in total. The Labute approximate surface area is 246 Å². The number of aromatic nitrogens is 3. The molecule has 0 unspecified atom stereocenters. The summed E-state index contributed by atoms with van der Waals surface area (Å²) in [5.74, 6) is 3.19. The Morgan fingerprint density at radius 2 is 1.33 bits per heavy atom. The average Bonchev–Trinajstić information content (AvgIpc) is 3.37. The molecule has 0 bridgehead atoms. The third-order valence-corrected chi connectivity index (χ3v) is 8.72. The molecule has 0 amide bonds. The molecule has 0 aliphatic carbocycles. The number of hydrogen-bond donors (Lipinski definition) is 0. The van der Waals surface area contributed by atoms with Gasteiger partial charge in [0.25, 0.3) is 0 Å². The maximum absolute atomic E-state index is 6.29. The van der Waals surface area contributed by atoms with E-state index >= 15 is 0 Å². The third-order valence-electron chi connectivity index (χ3n) is 8.72. The molecule has 200 valence electrons. The van der Waals surface area contributed by atoms with Gasteiger partial charge in [-0.1, -0.05) is 91.0 Å². The molecule has 0 saturated heterocycles. The summed E-state index contributed by atoms with van der Waals surface area (Å²) in [5, 5.41) is 4.49. The molecule has 2 aliphatic rings. The topological polar surface area (TPSA) is 43.2 Å². The van der Waals surface area contributed by atoms with Crippen LogP contribution in [0.5, 0.6) is 11.5 Å². The summed E-state index contributed by atoms with van der Waals surface area (Å²) in [6, 6.07) is 46.7. The van der Waals surface area contributed by atoms with E-state index in [1.807, 2.05) is 36.4 Å². The molecular weight excluding hydrogens is 528 g/mol. The highest BCUT2D eigenvalue weighted by Gasteiger charge is 2.32. The number of rotatable bonds is 1. The van der Waals surface area contributed by atoms with Gasteiger partial charge in [-0.05, 0) is 47.9 Å². The number of benzene rings is 6. The lowest BCUT2D eigenvalue weighted by atomic mass is 9.97. The van der Waals surface area contributed by atoms with Crippen molar-refractivity contribution in [2.75, 3.05) is 4.90 Å². The highest BCUT2D eigenvalue weighted by Crippen LogP contribution is 2.51. The lowest BCUT2D eigenvalue weighted by Gasteiger charge is -2.26. The van der Waals surface area contributed by atoms with Crippen LogP contribution >= 0.6 is 0 Å². The van der Waals surface area contributed by atoms with Crippen LogP contribution in [-0.2, 0) is 0 Å². The van der Waals surface area contributed by atoms with E-state index in [1.165, 1.54) is 16.3 Å². The van der Waals surface area contributed by atoms with Gasteiger partial charge in [0.2, 0.25) is 5.95 Å². The molecule has 6 aromatic carbocycles. The number of para-hydroxylation sites is 3. The van der Waals surface area contributed by atoms with Gasteiger partial charge in [0.05, 0.1) is 33.5 Å². The van der Waals surface area contributed by atoms with Crippen molar-refractivity contribution in [2.24, 2.45) is 0 Å². The minimum absolute atomic E-state index is 0.616. The first-order chi connectivity index (χ1) is 21.3. The number of anilines is 3. The van der Waals surface area contributed by atoms with Gasteiger partial charge in [0.15, 0.2) is 0 Å². The molecule has 4 heterocycles. The molecule has 8 aromatic rings. The summed E-state index contributed by atoms with van der Waals surface area (Å²) < 4.78 is 8.68. The molecule has 5 nitrogen and oxygen atoms in total. The summed E-state index contributed by atoms with van der Waals surface area (Å²) in [7, 11) is 0. The Morgan fingerprint density at radius 3 is 2.28 bits per heavy atom. The summed E-state index contributed by atoms with van der Waals surface area (Å²) in [6.07, 6.45) is 0. The smallest absolute Gasteiger partial charge is 0.236 e. The number of hydrogen-bond acceptors (Lipinski definition) is 4. The lowest BCUT2D eigenvalue weighted by Crippen LogP contribution is -2.17. The Balaban J connectivity index is 1.37. The molecule has 2 aromatic heterocycles. The number of nitrogens with zero attached hydrogens (tertiary/aromatic N) is 4. The minimum atomic E-state index is 0.616. The van der Waals surface area contributed by atoms with Crippen LogP contribution in [0.15, 0.2) is 133 Å². The Hall–Kier alpha value is -5.94. The van der Waals surface area contributed by atoms with Gasteiger partial charge in [0, 0.05) is 27.5 Å². The van der Waals surface area contributed by atoms with Crippen molar-refractivity contribution in [3.8, 4) is 39.6 Å². The molecule has 43 heavy (non-hydrogen) atoms. The second-order valence-corrected chi connectivity index (χ2v) is 11.1. The van der Waals surface area contributed by atoms with E-state index in [4.69, 9.17) is 14.7 Å². The molecule has 10 rings (SSSR count). The van der Waals surface area contributed by atoms with Gasteiger partial charge in [-0.25, -0.2) is 9.97 Å². The van der Waals surface area contributed by atoms with Gasteiger partial charge >= 0.3 is 0 Å². The lowest BCUT2D eigenvalue weighted by molar-refractivity contribution is 0.486. The van der Waals surface area contributed by atoms with Gasteiger partial charge < -0.3 is 4.74 Å². The first kappa shape index (κ1) is 22.7. The summed E-state index contributed by atoms with van der Waals surface area (Å²) >= 11 is 0. The number of ether oxygens (including phenoxy) is 1. The fourth-order valence-electron chi connectivity index (χ4n) is 6.87. The fourth-order valence-corrected chi connectivity index (χ4v) is 6.87. The van der Waals surface area contributed by atoms with Crippen LogP contribution in [0.3, 0.4) is 0 Å². The van der Waals surface area contributed by atoms with Crippen molar-refractivity contribution in [1.29, 1.82) is 0 Å². The molecule has 0 radical (unpaired) electrons. The van der Waals surface area contributed by atoms with Crippen LogP contribution < -0.4 is 9.64 Å². The quantitative estimate of drug-likeness (QED) is 0.204. The Kier molecular flexibility index (Phi) is 4.39. The van der Waals surface area contributed by atoms with E-state index < -0.39 is 0 Å². The average molecular weight is 551 g/mol. The van der Waals surface area contributed by atoms with Crippen molar-refractivity contribution >= 4 is 50.0 Å². The van der Waals surface area contributed by atoms with Crippen molar-refractivity contribution in [2.45, 2.75) is 0 Å². The highest BCUT2D eigenvalue weighted by molar-refractivity contribution is 6.07. The van der Waals surface area contributed by atoms with Crippen LogP contribution in [0, 0.1) is 0 Å². The standard InChI is InChI=1S/C38H22N4O/c1-3-12-25-23(10-1)20-21-27-26-13-4-7-17-31(26)42(34-22-24-11-2-6-16-30(24)41(34)37(25)27)38-39-29-15-9-19-33-35(29)36(40-38)28-14-5-8-18-32(28)43-33/h1-22H. The first-order valence-corrected chi connectivity index (χ1v) is 14.4. The molecular formula is C38H22N4O. The predicted octanol–water partition coefficient (Wildman–Crippen LogP) is 9.95. The largest absolute Gasteiger partial charge is 0.456 e. The van der Waals surface area contributed by atoms with Gasteiger partial charge in [0.1, 0.15) is 17.3 Å². The summed E-state index contributed by atoms with van der Waals surface area (Å²) in [6.45, 7) is 0. The second-order valence-electron chi connectivity index (χ2n) is 11.1. The fraction of sp³-hybridized carbons (Fsp3) is 0.